The molecule has 0 unspecified atom stereocenters. The molecule has 3 nitrogen and oxygen atoms in total. The third-order valence-corrected chi connectivity index (χ3v) is 9.97. The maximum absolute atomic E-state index is 5.01. The van der Waals surface area contributed by atoms with Crippen molar-refractivity contribution in [3.63, 3.8) is 0 Å². The largest absolute Gasteiger partial charge is 0.208 e. The Kier molecular flexibility index (Phi) is 8.19. The fraction of sp³-hybridized carbons (Fsp3) is 0.152. The van der Waals surface area contributed by atoms with Crippen LogP contribution in [0.1, 0.15) is 61.2 Å². The average molecular weight is 634 g/mol. The number of fused-ring (bicyclic) bond motifs is 1. The maximum atomic E-state index is 5.01. The quantitative estimate of drug-likeness (QED) is 0.176. The topological polar surface area (TPSA) is 38.7 Å². The minimum atomic E-state index is -0.177. The first-order valence-electron chi connectivity index (χ1n) is 17.3. The van der Waals surface area contributed by atoms with Crippen LogP contribution >= 0.6 is 0 Å². The molecular weight excluding hydrogens is 595 g/mol. The third-order valence-electron chi connectivity index (χ3n) is 9.97. The molecule has 238 valence electrons. The zero-order valence-electron chi connectivity index (χ0n) is 28.1. The van der Waals surface area contributed by atoms with Gasteiger partial charge in [0.1, 0.15) is 0 Å². The first-order chi connectivity index (χ1) is 24.0. The van der Waals surface area contributed by atoms with E-state index in [-0.39, 0.29) is 5.41 Å². The van der Waals surface area contributed by atoms with Gasteiger partial charge in [0, 0.05) is 22.1 Å². The first-order valence-corrected chi connectivity index (χ1v) is 17.3. The Morgan fingerprint density at radius 3 is 1.65 bits per heavy atom. The number of nitrogens with zero attached hydrogens (tertiary/aromatic N) is 3. The molecule has 3 heteroatoms. The SMILES string of the molecule is CC(C)(c1ccc(-c2ccc3c(c2)C=CCC3)cc1)c1ccc(-c2nc(C3=CCCC=C3)nc(-c3ccc(-c4ccccc4)cc3)n2)cc1. The molecule has 0 saturated carbocycles. The first kappa shape index (κ1) is 30.7. The van der Waals surface area contributed by atoms with Gasteiger partial charge in [-0.15, -0.1) is 0 Å². The molecule has 1 aromatic heterocycles. The second kappa shape index (κ2) is 13.1. The van der Waals surface area contributed by atoms with Crippen molar-refractivity contribution in [2.24, 2.45) is 0 Å². The molecule has 0 saturated heterocycles. The summed E-state index contributed by atoms with van der Waals surface area (Å²) in [6.07, 6.45) is 15.4. The van der Waals surface area contributed by atoms with Crippen LogP contribution < -0.4 is 0 Å². The number of hydrogen-bond donors (Lipinski definition) is 0. The summed E-state index contributed by atoms with van der Waals surface area (Å²) in [4.78, 5) is 15.0. The van der Waals surface area contributed by atoms with Gasteiger partial charge in [0.2, 0.25) is 0 Å². The van der Waals surface area contributed by atoms with Gasteiger partial charge in [0.15, 0.2) is 17.5 Å². The fourth-order valence-corrected chi connectivity index (χ4v) is 6.87. The lowest BCUT2D eigenvalue weighted by Crippen LogP contribution is -2.18. The second-order valence-corrected chi connectivity index (χ2v) is 13.5. The highest BCUT2D eigenvalue weighted by Crippen LogP contribution is 2.35. The number of benzene rings is 5. The van der Waals surface area contributed by atoms with Crippen molar-refractivity contribution in [3.05, 3.63) is 174 Å². The van der Waals surface area contributed by atoms with Gasteiger partial charge in [-0.1, -0.05) is 159 Å². The summed E-state index contributed by atoms with van der Waals surface area (Å²) in [5, 5.41) is 0. The lowest BCUT2D eigenvalue weighted by Gasteiger charge is -2.26. The lowest BCUT2D eigenvalue weighted by molar-refractivity contribution is 0.641. The smallest absolute Gasteiger partial charge is 0.164 e. The Morgan fingerprint density at radius 2 is 1.00 bits per heavy atom. The molecule has 0 atom stereocenters. The van der Waals surface area contributed by atoms with Gasteiger partial charge in [-0.2, -0.15) is 0 Å². The molecule has 2 aliphatic rings. The summed E-state index contributed by atoms with van der Waals surface area (Å²) in [5.41, 5.74) is 13.0. The predicted molar refractivity (Wildman–Crippen MR) is 204 cm³/mol. The minimum Gasteiger partial charge on any atom is -0.208 e. The van der Waals surface area contributed by atoms with E-state index in [9.17, 15) is 0 Å². The van der Waals surface area contributed by atoms with Gasteiger partial charge in [0.25, 0.3) is 0 Å². The van der Waals surface area contributed by atoms with E-state index in [1.54, 1.807) is 0 Å². The van der Waals surface area contributed by atoms with E-state index in [2.05, 4.69) is 159 Å². The summed E-state index contributed by atoms with van der Waals surface area (Å²) >= 11 is 0. The summed E-state index contributed by atoms with van der Waals surface area (Å²) in [6.45, 7) is 4.59. The molecule has 0 radical (unpaired) electrons. The number of aryl methyl sites for hydroxylation is 1. The van der Waals surface area contributed by atoms with Crippen molar-refractivity contribution in [1.82, 2.24) is 15.0 Å². The Labute approximate surface area is 289 Å². The molecule has 0 amide bonds. The van der Waals surface area contributed by atoms with Crippen molar-refractivity contribution >= 4 is 11.6 Å². The molecule has 0 N–H and O–H groups in total. The van der Waals surface area contributed by atoms with Crippen molar-refractivity contribution in [2.75, 3.05) is 0 Å². The molecule has 1 heterocycles. The standard InChI is InChI=1S/C46H39N3/c1-46(2,41-27-23-35(24-28-41)40-22-19-33-13-9-10-16-39(33)31-40)42-29-25-38(26-30-42)45-48-43(36-14-7-4-8-15-36)47-44(49-45)37-20-17-34(18-21-37)32-11-5-3-6-12-32/h3,5-7,10-12,14-31H,4,8-9,13H2,1-2H3. The van der Waals surface area contributed by atoms with Gasteiger partial charge in [-0.05, 0) is 76.3 Å². The van der Waals surface area contributed by atoms with E-state index in [4.69, 9.17) is 15.0 Å². The Bertz CT molecular complexity index is 2200. The van der Waals surface area contributed by atoms with Crippen molar-refractivity contribution in [3.8, 4) is 45.0 Å². The Balaban J connectivity index is 1.08. The van der Waals surface area contributed by atoms with Crippen LogP contribution in [-0.4, -0.2) is 15.0 Å². The summed E-state index contributed by atoms with van der Waals surface area (Å²) in [6, 6.07) is 43.6. The van der Waals surface area contributed by atoms with Gasteiger partial charge < -0.3 is 0 Å². The predicted octanol–water partition coefficient (Wildman–Crippen LogP) is 11.6. The van der Waals surface area contributed by atoms with Crippen LogP contribution in [0.2, 0.25) is 0 Å². The summed E-state index contributed by atoms with van der Waals surface area (Å²) < 4.78 is 0. The average Bonchev–Trinajstić information content (AvgIpc) is 3.18. The van der Waals surface area contributed by atoms with E-state index < -0.39 is 0 Å². The van der Waals surface area contributed by atoms with Crippen LogP contribution in [0.15, 0.2) is 146 Å². The highest BCUT2D eigenvalue weighted by atomic mass is 15.0. The Hall–Kier alpha value is -5.67. The van der Waals surface area contributed by atoms with Crippen molar-refractivity contribution < 1.29 is 0 Å². The molecule has 0 aliphatic heterocycles. The summed E-state index contributed by atoms with van der Waals surface area (Å²) in [7, 11) is 0. The van der Waals surface area contributed by atoms with Crippen molar-refractivity contribution in [2.45, 2.75) is 44.9 Å². The van der Waals surface area contributed by atoms with Gasteiger partial charge >= 0.3 is 0 Å². The van der Waals surface area contributed by atoms with Crippen LogP contribution in [0.5, 0.6) is 0 Å². The molecule has 0 bridgehead atoms. The molecule has 8 rings (SSSR count). The number of rotatable bonds is 7. The maximum Gasteiger partial charge on any atom is 0.164 e. The molecule has 5 aromatic carbocycles. The number of hydrogen-bond acceptors (Lipinski definition) is 3. The zero-order chi connectivity index (χ0) is 33.2. The van der Waals surface area contributed by atoms with Crippen LogP contribution in [0.25, 0.3) is 56.7 Å². The molecule has 0 spiro atoms. The highest BCUT2D eigenvalue weighted by Gasteiger charge is 2.24. The highest BCUT2D eigenvalue weighted by molar-refractivity contribution is 5.75. The van der Waals surface area contributed by atoms with E-state index in [1.165, 1.54) is 44.5 Å². The van der Waals surface area contributed by atoms with E-state index in [1.807, 2.05) is 6.07 Å². The van der Waals surface area contributed by atoms with E-state index in [0.29, 0.717) is 17.5 Å². The zero-order valence-corrected chi connectivity index (χ0v) is 28.1. The van der Waals surface area contributed by atoms with E-state index >= 15 is 0 Å². The normalized spacial score (nSPS) is 14.0. The molecule has 2 aliphatic carbocycles. The van der Waals surface area contributed by atoms with Gasteiger partial charge in [0.05, 0.1) is 0 Å². The van der Waals surface area contributed by atoms with Gasteiger partial charge in [-0.3, -0.25) is 0 Å². The fourth-order valence-electron chi connectivity index (χ4n) is 6.87. The van der Waals surface area contributed by atoms with Gasteiger partial charge in [-0.25, -0.2) is 15.0 Å². The third kappa shape index (κ3) is 6.33. The summed E-state index contributed by atoms with van der Waals surface area (Å²) in [5.74, 6) is 2.07. The molecule has 49 heavy (non-hydrogen) atoms. The van der Waals surface area contributed by atoms with Crippen molar-refractivity contribution in [1.29, 1.82) is 0 Å². The monoisotopic (exact) mass is 633 g/mol. The van der Waals surface area contributed by atoms with Crippen LogP contribution in [0, 0.1) is 0 Å². The number of aromatic nitrogens is 3. The van der Waals surface area contributed by atoms with Crippen LogP contribution in [0.4, 0.5) is 0 Å². The lowest BCUT2D eigenvalue weighted by atomic mass is 9.77. The molecule has 6 aromatic rings. The molecule has 0 fully saturated rings. The number of allylic oxidation sites excluding steroid dienone is 5. The van der Waals surface area contributed by atoms with Crippen LogP contribution in [-0.2, 0) is 11.8 Å². The Morgan fingerprint density at radius 1 is 0.469 bits per heavy atom. The van der Waals surface area contributed by atoms with E-state index in [0.717, 1.165) is 42.4 Å². The molecular formula is C46H39N3. The minimum absolute atomic E-state index is 0.177. The van der Waals surface area contributed by atoms with Crippen LogP contribution in [0.3, 0.4) is 0 Å². The second-order valence-electron chi connectivity index (χ2n) is 13.5.